The summed E-state index contributed by atoms with van der Waals surface area (Å²) in [5.41, 5.74) is 0.248. The molecule has 10 heteroatoms. The Bertz CT molecular complexity index is 1280. The molecule has 186 valence electrons. The Balaban J connectivity index is 1.95. The predicted molar refractivity (Wildman–Crippen MR) is 127 cm³/mol. The van der Waals surface area contributed by atoms with Gasteiger partial charge in [0.25, 0.3) is 10.0 Å². The Labute approximate surface area is 202 Å². The molecule has 3 rings (SSSR count). The zero-order valence-electron chi connectivity index (χ0n) is 19.2. The molecule has 0 fully saturated rings. The molecule has 3 aromatic carbocycles. The van der Waals surface area contributed by atoms with Crippen molar-refractivity contribution in [3.8, 4) is 5.75 Å². The van der Waals surface area contributed by atoms with Crippen LogP contribution in [0.3, 0.4) is 0 Å². The normalized spacial score (nSPS) is 11.7. The highest BCUT2D eigenvalue weighted by Crippen LogP contribution is 2.35. The number of carbonyl (C=O) groups excluding carboxylic acids is 1. The maximum atomic E-state index is 13.6. The lowest BCUT2D eigenvalue weighted by molar-refractivity contribution is -0.137. The van der Waals surface area contributed by atoms with Gasteiger partial charge in [0.15, 0.2) is 0 Å². The number of amides is 1. The van der Waals surface area contributed by atoms with Crippen molar-refractivity contribution in [3.63, 3.8) is 0 Å². The van der Waals surface area contributed by atoms with E-state index < -0.39 is 34.2 Å². The molecule has 1 amide bonds. The van der Waals surface area contributed by atoms with Gasteiger partial charge in [-0.25, -0.2) is 8.42 Å². The van der Waals surface area contributed by atoms with E-state index in [4.69, 9.17) is 4.74 Å². The average Bonchev–Trinajstić information content (AvgIpc) is 2.82. The predicted octanol–water partition coefficient (Wildman–Crippen LogP) is 4.58. The first-order valence-electron chi connectivity index (χ1n) is 10.7. The van der Waals surface area contributed by atoms with Crippen molar-refractivity contribution in [2.24, 2.45) is 0 Å². The number of aryl methyl sites for hydroxylation is 1. The Kier molecular flexibility index (Phi) is 8.06. The number of carbonyl (C=O) groups is 1. The number of sulfonamides is 1. The number of hydrogen-bond donors (Lipinski definition) is 1. The number of methoxy groups -OCH3 is 1. The molecule has 6 nitrogen and oxygen atoms in total. The van der Waals surface area contributed by atoms with Crippen LogP contribution in [0.25, 0.3) is 0 Å². The molecule has 0 aliphatic carbocycles. The van der Waals surface area contributed by atoms with Crippen LogP contribution in [0.5, 0.6) is 5.75 Å². The molecule has 1 N–H and O–H groups in total. The van der Waals surface area contributed by atoms with E-state index in [9.17, 15) is 26.4 Å². The summed E-state index contributed by atoms with van der Waals surface area (Å²) in [6, 6.07) is 17.6. The Hall–Kier alpha value is -3.53. The van der Waals surface area contributed by atoms with E-state index in [0.717, 1.165) is 17.7 Å². The fourth-order valence-electron chi connectivity index (χ4n) is 3.43. The molecule has 0 spiro atoms. The van der Waals surface area contributed by atoms with Gasteiger partial charge >= 0.3 is 6.18 Å². The second kappa shape index (κ2) is 10.8. The Morgan fingerprint density at radius 3 is 2.37 bits per heavy atom. The first-order chi connectivity index (χ1) is 16.5. The third kappa shape index (κ3) is 6.54. The van der Waals surface area contributed by atoms with Gasteiger partial charge < -0.3 is 10.1 Å². The molecule has 0 saturated carbocycles. The van der Waals surface area contributed by atoms with Gasteiger partial charge in [-0.2, -0.15) is 13.2 Å². The van der Waals surface area contributed by atoms with Gasteiger partial charge in [-0.3, -0.25) is 9.10 Å². The van der Waals surface area contributed by atoms with E-state index in [1.165, 1.54) is 25.3 Å². The van der Waals surface area contributed by atoms with Gasteiger partial charge in [-0.15, -0.1) is 0 Å². The van der Waals surface area contributed by atoms with Gasteiger partial charge in [0.1, 0.15) is 17.2 Å². The maximum absolute atomic E-state index is 13.6. The van der Waals surface area contributed by atoms with Crippen molar-refractivity contribution in [1.29, 1.82) is 0 Å². The number of halogens is 3. The monoisotopic (exact) mass is 506 g/mol. The molecule has 0 radical (unpaired) electrons. The number of benzene rings is 3. The van der Waals surface area contributed by atoms with E-state index in [-0.39, 0.29) is 22.9 Å². The van der Waals surface area contributed by atoms with Gasteiger partial charge in [0.2, 0.25) is 5.91 Å². The van der Waals surface area contributed by atoms with Crippen LogP contribution in [0.15, 0.2) is 77.7 Å². The fourth-order valence-corrected chi connectivity index (χ4v) is 5.09. The lowest BCUT2D eigenvalue weighted by atomic mass is 10.1. The molecule has 0 heterocycles. The minimum absolute atomic E-state index is 0.0112. The van der Waals surface area contributed by atoms with Gasteiger partial charge in [0.05, 0.1) is 18.4 Å². The molecule has 0 aromatic heterocycles. The van der Waals surface area contributed by atoms with Crippen LogP contribution < -0.4 is 14.4 Å². The van der Waals surface area contributed by atoms with E-state index in [0.29, 0.717) is 22.4 Å². The van der Waals surface area contributed by atoms with Crippen LogP contribution in [0, 0.1) is 6.92 Å². The van der Waals surface area contributed by atoms with Crippen molar-refractivity contribution in [1.82, 2.24) is 5.32 Å². The molecule has 0 aliphatic rings. The standard InChI is InChI=1S/C25H25F3N2O4S/c1-18-11-12-22(34-2)23(15-18)35(32,33)30(21-10-6-9-20(16-21)25(26,27)28)17-24(31)29-14-13-19-7-4-3-5-8-19/h3-12,15-16H,13-14,17H2,1-2H3,(H,29,31). The van der Waals surface area contributed by atoms with E-state index >= 15 is 0 Å². The zero-order valence-corrected chi connectivity index (χ0v) is 20.0. The highest BCUT2D eigenvalue weighted by molar-refractivity contribution is 7.93. The highest BCUT2D eigenvalue weighted by Gasteiger charge is 2.34. The molecule has 0 aliphatic heterocycles. The summed E-state index contributed by atoms with van der Waals surface area (Å²) in [4.78, 5) is 12.5. The zero-order chi connectivity index (χ0) is 25.6. The molecule has 0 saturated heterocycles. The van der Waals surface area contributed by atoms with Crippen molar-refractivity contribution >= 4 is 21.6 Å². The largest absolute Gasteiger partial charge is 0.495 e. The summed E-state index contributed by atoms with van der Waals surface area (Å²) in [6.45, 7) is 1.19. The van der Waals surface area contributed by atoms with E-state index in [2.05, 4.69) is 5.32 Å². The molecular formula is C25H25F3N2O4S. The first kappa shape index (κ1) is 26.1. The van der Waals surface area contributed by atoms with Gasteiger partial charge in [-0.1, -0.05) is 42.5 Å². The number of alkyl halides is 3. The summed E-state index contributed by atoms with van der Waals surface area (Å²) in [6.07, 6.45) is -4.18. The summed E-state index contributed by atoms with van der Waals surface area (Å²) in [5, 5.41) is 2.64. The van der Waals surface area contributed by atoms with Crippen molar-refractivity contribution in [2.75, 3.05) is 24.5 Å². The fraction of sp³-hybridized carbons (Fsp3) is 0.240. The van der Waals surface area contributed by atoms with Gasteiger partial charge in [-0.05, 0) is 54.8 Å². The molecule has 0 unspecified atom stereocenters. The summed E-state index contributed by atoms with van der Waals surface area (Å²) in [5.74, 6) is -0.648. The van der Waals surface area contributed by atoms with Crippen LogP contribution >= 0.6 is 0 Å². The van der Waals surface area contributed by atoms with Gasteiger partial charge in [0, 0.05) is 6.54 Å². The van der Waals surface area contributed by atoms with E-state index in [1.54, 1.807) is 13.0 Å². The number of nitrogens with zero attached hydrogens (tertiary/aromatic N) is 1. The topological polar surface area (TPSA) is 75.7 Å². The minimum atomic E-state index is -4.69. The second-order valence-corrected chi connectivity index (χ2v) is 9.63. The molecular weight excluding hydrogens is 481 g/mol. The molecule has 3 aromatic rings. The average molecular weight is 507 g/mol. The minimum Gasteiger partial charge on any atom is -0.495 e. The summed E-state index contributed by atoms with van der Waals surface area (Å²) < 4.78 is 73.2. The first-order valence-corrected chi connectivity index (χ1v) is 12.1. The molecule has 0 atom stereocenters. The lowest BCUT2D eigenvalue weighted by Crippen LogP contribution is -2.41. The SMILES string of the molecule is COc1ccc(C)cc1S(=O)(=O)N(CC(=O)NCCc1ccccc1)c1cccc(C(F)(F)F)c1. The van der Waals surface area contributed by atoms with Crippen LogP contribution in [-0.4, -0.2) is 34.5 Å². The number of anilines is 1. The number of nitrogens with one attached hydrogen (secondary N) is 1. The molecule has 0 bridgehead atoms. The third-order valence-electron chi connectivity index (χ3n) is 5.21. The van der Waals surface area contributed by atoms with Crippen LogP contribution in [-0.2, 0) is 27.4 Å². The van der Waals surface area contributed by atoms with Crippen molar-refractivity contribution < 1.29 is 31.1 Å². The highest BCUT2D eigenvalue weighted by atomic mass is 32.2. The van der Waals surface area contributed by atoms with Crippen molar-refractivity contribution in [3.05, 3.63) is 89.5 Å². The number of hydrogen-bond acceptors (Lipinski definition) is 4. The second-order valence-electron chi connectivity index (χ2n) is 7.80. The summed E-state index contributed by atoms with van der Waals surface area (Å²) in [7, 11) is -3.19. The smallest absolute Gasteiger partial charge is 0.416 e. The van der Waals surface area contributed by atoms with Crippen molar-refractivity contribution in [2.45, 2.75) is 24.4 Å². The Morgan fingerprint density at radius 2 is 1.71 bits per heavy atom. The van der Waals surface area contributed by atoms with E-state index in [1.807, 2.05) is 30.3 Å². The number of rotatable bonds is 9. The Morgan fingerprint density at radius 1 is 1.00 bits per heavy atom. The van der Waals surface area contributed by atoms with Crippen LogP contribution in [0.2, 0.25) is 0 Å². The number of ether oxygens (including phenoxy) is 1. The summed E-state index contributed by atoms with van der Waals surface area (Å²) >= 11 is 0. The maximum Gasteiger partial charge on any atom is 0.416 e. The van der Waals surface area contributed by atoms with Crippen LogP contribution in [0.1, 0.15) is 16.7 Å². The molecule has 35 heavy (non-hydrogen) atoms. The third-order valence-corrected chi connectivity index (χ3v) is 7.01. The lowest BCUT2D eigenvalue weighted by Gasteiger charge is -2.26. The van der Waals surface area contributed by atoms with Crippen LogP contribution in [0.4, 0.5) is 18.9 Å². The quantitative estimate of drug-likeness (QED) is 0.461.